The third-order valence-electron chi connectivity index (χ3n) is 4.04. The number of nitrogens with zero attached hydrogens (tertiary/aromatic N) is 1. The maximum Gasteiger partial charge on any atom is 0.152 e. The number of hydrogen-bond acceptors (Lipinski definition) is 3. The van der Waals surface area contributed by atoms with Gasteiger partial charge < -0.3 is 4.90 Å². The third kappa shape index (κ3) is 3.45. The summed E-state index contributed by atoms with van der Waals surface area (Å²) in [7, 11) is -2.93. The molecular formula is C17H18ClNO2S. The van der Waals surface area contributed by atoms with Crippen LogP contribution in [0.15, 0.2) is 54.6 Å². The first-order valence-electron chi connectivity index (χ1n) is 7.31. The first kappa shape index (κ1) is 15.4. The summed E-state index contributed by atoms with van der Waals surface area (Å²) in [6, 6.07) is 17.6. The van der Waals surface area contributed by atoms with Crippen molar-refractivity contribution in [3.8, 4) is 0 Å². The molecule has 0 aromatic heterocycles. The SMILES string of the molecule is O=S1(=O)CC[C@@H](N(Cc2ccccc2Cl)c2ccccc2)C1. The zero-order chi connectivity index (χ0) is 15.6. The lowest BCUT2D eigenvalue weighted by Gasteiger charge is -2.31. The zero-order valence-corrected chi connectivity index (χ0v) is 13.7. The Labute approximate surface area is 136 Å². The van der Waals surface area contributed by atoms with Crippen molar-refractivity contribution in [3.05, 3.63) is 65.2 Å². The van der Waals surface area contributed by atoms with E-state index in [1.54, 1.807) is 0 Å². The van der Waals surface area contributed by atoms with E-state index in [9.17, 15) is 8.42 Å². The van der Waals surface area contributed by atoms with Crippen LogP contribution in [-0.2, 0) is 16.4 Å². The number of rotatable bonds is 4. The smallest absolute Gasteiger partial charge is 0.152 e. The number of para-hydroxylation sites is 1. The summed E-state index contributed by atoms with van der Waals surface area (Å²) in [6.07, 6.45) is 0.668. The molecule has 3 nitrogen and oxygen atoms in total. The quantitative estimate of drug-likeness (QED) is 0.857. The van der Waals surface area contributed by atoms with E-state index >= 15 is 0 Å². The zero-order valence-electron chi connectivity index (χ0n) is 12.2. The molecule has 116 valence electrons. The van der Waals surface area contributed by atoms with Crippen molar-refractivity contribution in [1.82, 2.24) is 0 Å². The molecule has 0 bridgehead atoms. The van der Waals surface area contributed by atoms with E-state index in [4.69, 9.17) is 11.6 Å². The fraction of sp³-hybridized carbons (Fsp3) is 0.294. The van der Waals surface area contributed by atoms with Gasteiger partial charge >= 0.3 is 0 Å². The van der Waals surface area contributed by atoms with Gasteiger partial charge in [0.1, 0.15) is 0 Å². The minimum atomic E-state index is -2.93. The molecule has 2 aromatic carbocycles. The molecule has 1 saturated heterocycles. The number of halogens is 1. The molecule has 0 radical (unpaired) electrons. The Bertz CT molecular complexity index is 746. The highest BCUT2D eigenvalue weighted by atomic mass is 35.5. The van der Waals surface area contributed by atoms with Crippen molar-refractivity contribution in [3.63, 3.8) is 0 Å². The first-order chi connectivity index (χ1) is 10.6. The second-order valence-electron chi connectivity index (χ2n) is 5.61. The fourth-order valence-electron chi connectivity index (χ4n) is 2.88. The van der Waals surface area contributed by atoms with E-state index in [1.807, 2.05) is 54.6 Å². The highest BCUT2D eigenvalue weighted by Gasteiger charge is 2.32. The van der Waals surface area contributed by atoms with Gasteiger partial charge in [0.25, 0.3) is 0 Å². The Morgan fingerprint density at radius 2 is 1.73 bits per heavy atom. The van der Waals surface area contributed by atoms with Gasteiger partial charge in [-0.15, -0.1) is 0 Å². The normalized spacial score (nSPS) is 20.0. The minimum absolute atomic E-state index is 0.00340. The summed E-state index contributed by atoms with van der Waals surface area (Å²) in [5, 5.41) is 0.712. The van der Waals surface area contributed by atoms with E-state index in [0.29, 0.717) is 18.0 Å². The van der Waals surface area contributed by atoms with Gasteiger partial charge in [-0.25, -0.2) is 8.42 Å². The maximum atomic E-state index is 11.8. The van der Waals surface area contributed by atoms with Crippen LogP contribution < -0.4 is 4.90 Å². The standard InChI is InChI=1S/C17H18ClNO2S/c18-17-9-5-4-6-14(17)12-19(15-7-2-1-3-8-15)16-10-11-22(20,21)13-16/h1-9,16H,10-13H2/t16-/m1/s1. The van der Waals surface area contributed by atoms with E-state index in [-0.39, 0.29) is 17.5 Å². The molecule has 2 aromatic rings. The van der Waals surface area contributed by atoms with Crippen LogP contribution in [-0.4, -0.2) is 26.0 Å². The van der Waals surface area contributed by atoms with Crippen LogP contribution in [0.25, 0.3) is 0 Å². The van der Waals surface area contributed by atoms with Gasteiger partial charge in [-0.3, -0.25) is 0 Å². The molecule has 22 heavy (non-hydrogen) atoms. The first-order valence-corrected chi connectivity index (χ1v) is 9.51. The molecule has 1 aliphatic heterocycles. The molecule has 3 rings (SSSR count). The van der Waals surface area contributed by atoms with Gasteiger partial charge in [0.05, 0.1) is 11.5 Å². The Morgan fingerprint density at radius 1 is 1.05 bits per heavy atom. The Morgan fingerprint density at radius 3 is 2.36 bits per heavy atom. The lowest BCUT2D eigenvalue weighted by atomic mass is 10.1. The van der Waals surface area contributed by atoms with E-state index in [1.165, 1.54) is 0 Å². The number of sulfone groups is 1. The van der Waals surface area contributed by atoms with Crippen molar-refractivity contribution in [2.45, 2.75) is 19.0 Å². The van der Waals surface area contributed by atoms with E-state index < -0.39 is 9.84 Å². The molecule has 0 spiro atoms. The number of anilines is 1. The van der Waals surface area contributed by atoms with Crippen LogP contribution in [0.3, 0.4) is 0 Å². The molecular weight excluding hydrogens is 318 g/mol. The van der Waals surface area contributed by atoms with Crippen LogP contribution in [0.4, 0.5) is 5.69 Å². The van der Waals surface area contributed by atoms with Crippen molar-refractivity contribution < 1.29 is 8.42 Å². The molecule has 0 saturated carbocycles. The highest BCUT2D eigenvalue weighted by Crippen LogP contribution is 2.28. The second kappa shape index (κ2) is 6.31. The predicted octanol–water partition coefficient (Wildman–Crippen LogP) is 3.53. The van der Waals surface area contributed by atoms with Gasteiger partial charge in [0.15, 0.2) is 9.84 Å². The Hall–Kier alpha value is -1.52. The van der Waals surface area contributed by atoms with Gasteiger partial charge in [-0.2, -0.15) is 0 Å². The lowest BCUT2D eigenvalue weighted by molar-refractivity contribution is 0.599. The van der Waals surface area contributed by atoms with E-state index in [2.05, 4.69) is 4.90 Å². The number of benzene rings is 2. The molecule has 0 N–H and O–H groups in total. The van der Waals surface area contributed by atoms with Crippen LogP contribution >= 0.6 is 11.6 Å². The monoisotopic (exact) mass is 335 g/mol. The molecule has 5 heteroatoms. The average Bonchev–Trinajstić information content (AvgIpc) is 2.87. The summed E-state index contributed by atoms with van der Waals surface area (Å²) >= 11 is 6.27. The third-order valence-corrected chi connectivity index (χ3v) is 6.15. The molecule has 1 fully saturated rings. The average molecular weight is 336 g/mol. The van der Waals surface area contributed by atoms with Gasteiger partial charge in [0, 0.05) is 23.3 Å². The highest BCUT2D eigenvalue weighted by molar-refractivity contribution is 7.91. The van der Waals surface area contributed by atoms with Crippen LogP contribution in [0.1, 0.15) is 12.0 Å². The molecule has 1 aliphatic rings. The largest absolute Gasteiger partial charge is 0.363 e. The molecule has 0 aliphatic carbocycles. The molecule has 0 unspecified atom stereocenters. The fourth-order valence-corrected chi connectivity index (χ4v) is 4.81. The Balaban J connectivity index is 1.92. The summed E-state index contributed by atoms with van der Waals surface area (Å²) in [6.45, 7) is 0.615. The van der Waals surface area contributed by atoms with Crippen molar-refractivity contribution >= 4 is 27.1 Å². The summed E-state index contributed by atoms with van der Waals surface area (Å²) < 4.78 is 23.7. The van der Waals surface area contributed by atoms with Crippen molar-refractivity contribution in [2.75, 3.05) is 16.4 Å². The number of hydrogen-bond donors (Lipinski definition) is 0. The van der Waals surface area contributed by atoms with Gasteiger partial charge in [-0.05, 0) is 30.2 Å². The second-order valence-corrected chi connectivity index (χ2v) is 8.25. The topological polar surface area (TPSA) is 37.4 Å². The molecule has 1 atom stereocenters. The molecule has 0 amide bonds. The van der Waals surface area contributed by atoms with Crippen molar-refractivity contribution in [1.29, 1.82) is 0 Å². The summed E-state index contributed by atoms with van der Waals surface area (Å²) in [5.74, 6) is 0.482. The van der Waals surface area contributed by atoms with Crippen LogP contribution in [0, 0.1) is 0 Å². The van der Waals surface area contributed by atoms with E-state index in [0.717, 1.165) is 11.3 Å². The van der Waals surface area contributed by atoms with Crippen LogP contribution in [0.5, 0.6) is 0 Å². The lowest BCUT2D eigenvalue weighted by Crippen LogP contribution is -2.35. The maximum absolute atomic E-state index is 11.8. The molecule has 1 heterocycles. The van der Waals surface area contributed by atoms with Crippen molar-refractivity contribution in [2.24, 2.45) is 0 Å². The van der Waals surface area contributed by atoms with Crippen LogP contribution in [0.2, 0.25) is 5.02 Å². The minimum Gasteiger partial charge on any atom is -0.363 e. The predicted molar refractivity (Wildman–Crippen MR) is 91.1 cm³/mol. The van der Waals surface area contributed by atoms with Gasteiger partial charge in [0.2, 0.25) is 0 Å². The van der Waals surface area contributed by atoms with Gasteiger partial charge in [-0.1, -0.05) is 48.0 Å². The summed E-state index contributed by atoms with van der Waals surface area (Å²) in [4.78, 5) is 2.16. The Kier molecular flexibility index (Phi) is 4.41. The summed E-state index contributed by atoms with van der Waals surface area (Å²) in [5.41, 5.74) is 2.04.